The Kier molecular flexibility index (Phi) is 7.22. The van der Waals surface area contributed by atoms with Gasteiger partial charge < -0.3 is 19.7 Å². The highest BCUT2D eigenvalue weighted by Crippen LogP contribution is 2.23. The third-order valence-electron chi connectivity index (χ3n) is 3.95. The Morgan fingerprint density at radius 3 is 2.36 bits per heavy atom. The molecule has 0 saturated heterocycles. The van der Waals surface area contributed by atoms with Gasteiger partial charge in [-0.3, -0.25) is 4.79 Å². The van der Waals surface area contributed by atoms with Crippen molar-refractivity contribution in [1.29, 1.82) is 0 Å². The summed E-state index contributed by atoms with van der Waals surface area (Å²) in [4.78, 5) is 13.1. The highest BCUT2D eigenvalue weighted by Gasteiger charge is 2.31. The molecule has 9 heteroatoms. The third-order valence-corrected chi connectivity index (χ3v) is 3.95. The van der Waals surface area contributed by atoms with Crippen LogP contribution in [0.1, 0.15) is 12.5 Å². The normalized spacial score (nSPS) is 12.4. The van der Waals surface area contributed by atoms with Crippen LogP contribution in [0.5, 0.6) is 11.5 Å². The molecule has 0 aliphatic heterocycles. The van der Waals surface area contributed by atoms with Crippen molar-refractivity contribution in [2.45, 2.75) is 19.8 Å². The maximum atomic E-state index is 13.8. The van der Waals surface area contributed by atoms with Crippen molar-refractivity contribution in [2.75, 3.05) is 25.5 Å². The van der Waals surface area contributed by atoms with E-state index >= 15 is 0 Å². The van der Waals surface area contributed by atoms with Crippen molar-refractivity contribution in [3.8, 4) is 11.5 Å². The molecule has 0 radical (unpaired) electrons. The molecule has 28 heavy (non-hydrogen) atoms. The van der Waals surface area contributed by atoms with Gasteiger partial charge in [0.05, 0.1) is 13.7 Å². The van der Waals surface area contributed by atoms with Gasteiger partial charge in [0, 0.05) is 11.3 Å². The lowest BCUT2D eigenvalue weighted by molar-refractivity contribution is -0.903. The van der Waals surface area contributed by atoms with Gasteiger partial charge in [-0.2, -0.15) is 0 Å². The van der Waals surface area contributed by atoms with E-state index < -0.39 is 12.2 Å². The zero-order valence-corrected chi connectivity index (χ0v) is 15.4. The van der Waals surface area contributed by atoms with E-state index in [4.69, 9.17) is 4.74 Å². The number of carbonyl (C=O) groups excluding carboxylic acids is 1. The Balaban J connectivity index is 1.92. The molecule has 2 aromatic carbocycles. The standard InChI is InChI=1S/C19H20F4N2O3/c1-3-25(11-13-4-9-17(27-2)16(20)10-13)12-18(26)24-14-5-7-15(8-6-14)28-19(21,22)23/h4-10H,3,11-12H2,1-2H3,(H,24,26)/p+1. The average molecular weight is 401 g/mol. The predicted octanol–water partition coefficient (Wildman–Crippen LogP) is 2.78. The Labute approximate surface area is 159 Å². The van der Waals surface area contributed by atoms with Gasteiger partial charge in [0.2, 0.25) is 0 Å². The van der Waals surface area contributed by atoms with Crippen molar-refractivity contribution < 1.29 is 36.7 Å². The van der Waals surface area contributed by atoms with Crippen LogP contribution in [-0.4, -0.2) is 32.5 Å². The van der Waals surface area contributed by atoms with Crippen LogP contribution in [0.4, 0.5) is 23.2 Å². The first-order chi connectivity index (χ1) is 13.2. The number of ether oxygens (including phenoxy) is 2. The largest absolute Gasteiger partial charge is 0.573 e. The average Bonchev–Trinajstić information content (AvgIpc) is 2.61. The molecule has 1 amide bonds. The number of amides is 1. The highest BCUT2D eigenvalue weighted by atomic mass is 19.4. The Morgan fingerprint density at radius 1 is 1.14 bits per heavy atom. The molecular formula is C19H21F4N2O3+. The second-order valence-electron chi connectivity index (χ2n) is 6.05. The van der Waals surface area contributed by atoms with Crippen LogP contribution in [0.2, 0.25) is 0 Å². The minimum atomic E-state index is -4.77. The van der Waals surface area contributed by atoms with Crippen LogP contribution < -0.4 is 19.7 Å². The SMILES string of the molecule is CC[NH+](CC(=O)Nc1ccc(OC(F)(F)F)cc1)Cc1ccc(OC)c(F)c1. The molecule has 0 fully saturated rings. The lowest BCUT2D eigenvalue weighted by atomic mass is 10.2. The third kappa shape index (κ3) is 6.73. The zero-order chi connectivity index (χ0) is 20.7. The number of hydrogen-bond acceptors (Lipinski definition) is 3. The van der Waals surface area contributed by atoms with E-state index in [0.717, 1.165) is 22.6 Å². The fourth-order valence-electron chi connectivity index (χ4n) is 2.59. The van der Waals surface area contributed by atoms with Gasteiger partial charge in [-0.1, -0.05) is 0 Å². The van der Waals surface area contributed by atoms with E-state index in [1.807, 2.05) is 6.92 Å². The van der Waals surface area contributed by atoms with E-state index in [1.54, 1.807) is 6.07 Å². The van der Waals surface area contributed by atoms with E-state index in [-0.39, 0.29) is 24.0 Å². The first-order valence-corrected chi connectivity index (χ1v) is 8.51. The Bertz CT molecular complexity index is 795. The molecule has 0 heterocycles. The van der Waals surface area contributed by atoms with Gasteiger partial charge >= 0.3 is 6.36 Å². The van der Waals surface area contributed by atoms with Crippen molar-refractivity contribution in [1.82, 2.24) is 0 Å². The summed E-state index contributed by atoms with van der Waals surface area (Å²) in [5.41, 5.74) is 1.07. The number of benzene rings is 2. The summed E-state index contributed by atoms with van der Waals surface area (Å²) >= 11 is 0. The molecule has 5 nitrogen and oxygen atoms in total. The maximum absolute atomic E-state index is 13.8. The van der Waals surface area contributed by atoms with Gasteiger partial charge in [-0.15, -0.1) is 13.2 Å². The summed E-state index contributed by atoms with van der Waals surface area (Å²) in [5.74, 6) is -0.998. The second-order valence-corrected chi connectivity index (χ2v) is 6.05. The molecule has 0 bridgehead atoms. The summed E-state index contributed by atoms with van der Waals surface area (Å²) in [7, 11) is 1.38. The van der Waals surface area contributed by atoms with E-state index in [1.165, 1.54) is 31.4 Å². The summed E-state index contributed by atoms with van der Waals surface area (Å²) < 4.78 is 58.9. The number of alkyl halides is 3. The summed E-state index contributed by atoms with van der Waals surface area (Å²) in [6.45, 7) is 3.07. The number of likely N-dealkylation sites (N-methyl/N-ethyl adjacent to an activating group) is 1. The Morgan fingerprint density at radius 2 is 1.82 bits per heavy atom. The van der Waals surface area contributed by atoms with Crippen LogP contribution in [0.3, 0.4) is 0 Å². The van der Waals surface area contributed by atoms with E-state index in [9.17, 15) is 22.4 Å². The first-order valence-electron chi connectivity index (χ1n) is 8.51. The number of carbonyl (C=O) groups is 1. The monoisotopic (exact) mass is 401 g/mol. The number of nitrogens with one attached hydrogen (secondary N) is 2. The maximum Gasteiger partial charge on any atom is 0.573 e. The molecule has 0 aliphatic carbocycles. The lowest BCUT2D eigenvalue weighted by Gasteiger charge is -2.18. The summed E-state index contributed by atoms with van der Waals surface area (Å²) in [5, 5.41) is 2.62. The molecule has 1 atom stereocenters. The van der Waals surface area contributed by atoms with Crippen molar-refractivity contribution in [3.05, 3.63) is 53.8 Å². The summed E-state index contributed by atoms with van der Waals surface area (Å²) in [6.07, 6.45) is -4.77. The predicted molar refractivity (Wildman–Crippen MR) is 94.8 cm³/mol. The number of halogens is 4. The van der Waals surface area contributed by atoms with Gasteiger partial charge in [0.25, 0.3) is 5.91 Å². The molecule has 1 unspecified atom stereocenters. The van der Waals surface area contributed by atoms with Gasteiger partial charge in [0.15, 0.2) is 18.1 Å². The van der Waals surface area contributed by atoms with E-state index in [2.05, 4.69) is 10.1 Å². The minimum Gasteiger partial charge on any atom is -0.494 e. The molecule has 2 N–H and O–H groups in total. The Hall–Kier alpha value is -2.81. The molecule has 0 aliphatic rings. The van der Waals surface area contributed by atoms with Crippen LogP contribution in [0, 0.1) is 5.82 Å². The van der Waals surface area contributed by atoms with Crippen LogP contribution in [0.15, 0.2) is 42.5 Å². The van der Waals surface area contributed by atoms with Crippen molar-refractivity contribution >= 4 is 11.6 Å². The van der Waals surface area contributed by atoms with Gasteiger partial charge in [-0.25, -0.2) is 4.39 Å². The fourth-order valence-corrected chi connectivity index (χ4v) is 2.59. The zero-order valence-electron chi connectivity index (χ0n) is 15.4. The molecule has 2 aromatic rings. The molecule has 2 rings (SSSR count). The molecule has 0 aromatic heterocycles. The van der Waals surface area contributed by atoms with Gasteiger partial charge in [0.1, 0.15) is 12.3 Å². The van der Waals surface area contributed by atoms with Crippen LogP contribution in [0.25, 0.3) is 0 Å². The van der Waals surface area contributed by atoms with E-state index in [0.29, 0.717) is 18.8 Å². The number of anilines is 1. The molecular weight excluding hydrogens is 380 g/mol. The molecule has 0 spiro atoms. The van der Waals surface area contributed by atoms with Crippen molar-refractivity contribution in [2.24, 2.45) is 0 Å². The fraction of sp³-hybridized carbons (Fsp3) is 0.316. The smallest absolute Gasteiger partial charge is 0.494 e. The highest BCUT2D eigenvalue weighted by molar-refractivity contribution is 5.91. The topological polar surface area (TPSA) is 52.0 Å². The number of rotatable bonds is 8. The van der Waals surface area contributed by atoms with Crippen LogP contribution in [-0.2, 0) is 11.3 Å². The quantitative estimate of drug-likeness (QED) is 0.669. The summed E-state index contributed by atoms with van der Waals surface area (Å²) in [6, 6.07) is 9.51. The second kappa shape index (κ2) is 9.41. The number of methoxy groups -OCH3 is 1. The molecule has 0 saturated carbocycles. The molecule has 152 valence electrons. The van der Waals surface area contributed by atoms with Crippen LogP contribution >= 0.6 is 0 Å². The number of hydrogen-bond donors (Lipinski definition) is 2. The van der Waals surface area contributed by atoms with Crippen molar-refractivity contribution in [3.63, 3.8) is 0 Å². The first kappa shape index (κ1) is 21.5. The number of quaternary nitrogens is 1. The lowest BCUT2D eigenvalue weighted by Crippen LogP contribution is -3.11. The minimum absolute atomic E-state index is 0.116. The van der Waals surface area contributed by atoms with Gasteiger partial charge in [-0.05, 0) is 49.4 Å².